The van der Waals surface area contributed by atoms with Crippen molar-refractivity contribution in [2.45, 2.75) is 25.3 Å². The molecule has 1 aliphatic heterocycles. The zero-order valence-electron chi connectivity index (χ0n) is 11.4. The van der Waals surface area contributed by atoms with Crippen LogP contribution < -0.4 is 5.32 Å². The van der Waals surface area contributed by atoms with Crippen LogP contribution in [0.4, 0.5) is 0 Å². The summed E-state index contributed by atoms with van der Waals surface area (Å²) >= 11 is 0. The number of nitrogens with one attached hydrogen (secondary N) is 1. The van der Waals surface area contributed by atoms with Gasteiger partial charge in [0.1, 0.15) is 6.26 Å². The number of nitrogens with zero attached hydrogens (tertiary/aromatic N) is 5. The van der Waals surface area contributed by atoms with E-state index in [9.17, 15) is 4.79 Å². The second kappa shape index (κ2) is 6.44. The Morgan fingerprint density at radius 3 is 3.05 bits per heavy atom. The molecule has 1 fully saturated rings. The topological polar surface area (TPSA) is 108 Å². The minimum atomic E-state index is -0.267. The van der Waals surface area contributed by atoms with Gasteiger partial charge in [-0.25, -0.2) is 4.98 Å². The van der Waals surface area contributed by atoms with E-state index >= 15 is 0 Å². The van der Waals surface area contributed by atoms with Crippen LogP contribution in [0.25, 0.3) is 0 Å². The first-order chi connectivity index (χ1) is 10.3. The Kier molecular flexibility index (Phi) is 4.20. The number of hydrogen-bond acceptors (Lipinski definition) is 7. The highest BCUT2D eigenvalue weighted by atomic mass is 16.5. The molecule has 1 aliphatic rings. The van der Waals surface area contributed by atoms with Gasteiger partial charge in [0.15, 0.2) is 17.9 Å². The third-order valence-electron chi connectivity index (χ3n) is 3.31. The lowest BCUT2D eigenvalue weighted by Gasteiger charge is -2.18. The van der Waals surface area contributed by atoms with Crippen molar-refractivity contribution in [3.8, 4) is 0 Å². The molecule has 0 radical (unpaired) electrons. The maximum Gasteiger partial charge on any atom is 0.273 e. The highest BCUT2D eigenvalue weighted by Crippen LogP contribution is 2.25. The predicted molar refractivity (Wildman–Crippen MR) is 69.4 cm³/mol. The normalized spacial score (nSPS) is 16.0. The quantitative estimate of drug-likeness (QED) is 0.825. The lowest BCUT2D eigenvalue weighted by molar-refractivity contribution is 0.0794. The summed E-state index contributed by atoms with van der Waals surface area (Å²) in [6.45, 7) is 2.27. The van der Waals surface area contributed by atoms with Crippen LogP contribution in [0.1, 0.15) is 35.1 Å². The lowest BCUT2D eigenvalue weighted by Crippen LogP contribution is -2.28. The van der Waals surface area contributed by atoms with Crippen LogP contribution in [-0.2, 0) is 11.3 Å². The molecule has 1 saturated heterocycles. The van der Waals surface area contributed by atoms with Crippen LogP contribution in [0.15, 0.2) is 17.0 Å². The molecule has 0 aliphatic carbocycles. The van der Waals surface area contributed by atoms with Gasteiger partial charge in [0.05, 0.1) is 6.54 Å². The summed E-state index contributed by atoms with van der Waals surface area (Å²) in [6, 6.07) is 0. The van der Waals surface area contributed by atoms with Crippen molar-refractivity contribution in [1.82, 2.24) is 30.5 Å². The van der Waals surface area contributed by atoms with Gasteiger partial charge in [-0.05, 0) is 18.1 Å². The maximum absolute atomic E-state index is 11.9. The third kappa shape index (κ3) is 3.43. The zero-order chi connectivity index (χ0) is 14.5. The van der Waals surface area contributed by atoms with Gasteiger partial charge in [-0.2, -0.15) is 4.80 Å². The van der Waals surface area contributed by atoms with Gasteiger partial charge in [0.2, 0.25) is 0 Å². The molecule has 9 nitrogen and oxygen atoms in total. The number of carbonyl (C=O) groups is 1. The molecule has 0 unspecified atom stereocenters. The Morgan fingerprint density at radius 2 is 2.29 bits per heavy atom. The number of hydrogen-bond donors (Lipinski definition) is 1. The molecule has 0 bridgehead atoms. The summed E-state index contributed by atoms with van der Waals surface area (Å²) in [5, 5.41) is 13.9. The van der Waals surface area contributed by atoms with Crippen molar-refractivity contribution in [3.63, 3.8) is 0 Å². The SMILES string of the molecule is O=C(NCCn1ncnn1)c1coc(C2CCOCC2)n1. The van der Waals surface area contributed by atoms with Gasteiger partial charge < -0.3 is 14.5 Å². The van der Waals surface area contributed by atoms with E-state index in [1.54, 1.807) is 0 Å². The molecule has 9 heteroatoms. The number of carbonyl (C=O) groups excluding carboxylic acids is 1. The lowest BCUT2D eigenvalue weighted by atomic mass is 10.0. The molecule has 1 N–H and O–H groups in total. The van der Waals surface area contributed by atoms with E-state index in [1.807, 2.05) is 0 Å². The second-order valence-electron chi connectivity index (χ2n) is 4.75. The van der Waals surface area contributed by atoms with Gasteiger partial charge in [0.25, 0.3) is 5.91 Å². The summed E-state index contributed by atoms with van der Waals surface area (Å²) in [5.74, 6) is 0.582. The molecule has 3 heterocycles. The fourth-order valence-electron chi connectivity index (χ4n) is 2.17. The van der Waals surface area contributed by atoms with Crippen molar-refractivity contribution in [2.24, 2.45) is 0 Å². The highest BCUT2D eigenvalue weighted by Gasteiger charge is 2.22. The van der Waals surface area contributed by atoms with Crippen molar-refractivity contribution in [3.05, 3.63) is 24.2 Å². The van der Waals surface area contributed by atoms with Crippen LogP contribution in [0.2, 0.25) is 0 Å². The molecular formula is C12H16N6O3. The van der Waals surface area contributed by atoms with Gasteiger partial charge in [-0.3, -0.25) is 4.79 Å². The summed E-state index contributed by atoms with van der Waals surface area (Å²) in [5.41, 5.74) is 0.294. The van der Waals surface area contributed by atoms with Gasteiger partial charge >= 0.3 is 0 Å². The molecule has 1 amide bonds. The van der Waals surface area contributed by atoms with Crippen LogP contribution >= 0.6 is 0 Å². The first-order valence-electron chi connectivity index (χ1n) is 6.85. The van der Waals surface area contributed by atoms with Crippen LogP contribution in [0, 0.1) is 0 Å². The number of oxazole rings is 1. The largest absolute Gasteiger partial charge is 0.448 e. The van der Waals surface area contributed by atoms with Crippen molar-refractivity contribution < 1.29 is 13.9 Å². The van der Waals surface area contributed by atoms with Crippen molar-refractivity contribution in [1.29, 1.82) is 0 Å². The first kappa shape index (κ1) is 13.7. The summed E-state index contributed by atoms with van der Waals surface area (Å²) in [4.78, 5) is 17.6. The molecule has 2 aromatic rings. The number of ether oxygens (including phenoxy) is 1. The number of tetrazole rings is 1. The predicted octanol–water partition coefficient (Wildman–Crippen LogP) is -0.0149. The van der Waals surface area contributed by atoms with E-state index < -0.39 is 0 Å². The molecule has 2 aromatic heterocycles. The highest BCUT2D eigenvalue weighted by molar-refractivity contribution is 5.91. The smallest absolute Gasteiger partial charge is 0.273 e. The summed E-state index contributed by atoms with van der Waals surface area (Å²) in [7, 11) is 0. The van der Waals surface area contributed by atoms with E-state index in [1.165, 1.54) is 17.4 Å². The molecule has 3 rings (SSSR count). The minimum absolute atomic E-state index is 0.236. The Labute approximate surface area is 120 Å². The molecule has 0 atom stereocenters. The minimum Gasteiger partial charge on any atom is -0.448 e. The molecule has 21 heavy (non-hydrogen) atoms. The average molecular weight is 292 g/mol. The monoisotopic (exact) mass is 292 g/mol. The van der Waals surface area contributed by atoms with Crippen LogP contribution in [0.3, 0.4) is 0 Å². The van der Waals surface area contributed by atoms with Gasteiger partial charge in [-0.15, -0.1) is 10.2 Å². The van der Waals surface area contributed by atoms with Crippen molar-refractivity contribution >= 4 is 5.91 Å². The number of aromatic nitrogens is 5. The van der Waals surface area contributed by atoms with Crippen molar-refractivity contribution in [2.75, 3.05) is 19.8 Å². The molecule has 112 valence electrons. The van der Waals surface area contributed by atoms with E-state index in [-0.39, 0.29) is 11.8 Å². The standard InChI is InChI=1S/C12H16N6O3/c19-11(13-3-4-18-15-8-14-17-18)10-7-21-12(16-10)9-1-5-20-6-2-9/h7-9H,1-6H2,(H,13,19). The molecular weight excluding hydrogens is 276 g/mol. The fourth-order valence-corrected chi connectivity index (χ4v) is 2.17. The van der Waals surface area contributed by atoms with Crippen LogP contribution in [0.5, 0.6) is 0 Å². The first-order valence-corrected chi connectivity index (χ1v) is 6.85. The van der Waals surface area contributed by atoms with E-state index in [0.29, 0.717) is 37.9 Å². The van der Waals surface area contributed by atoms with E-state index in [2.05, 4.69) is 25.7 Å². The molecule has 0 spiro atoms. The number of rotatable bonds is 5. The fraction of sp³-hybridized carbons (Fsp3) is 0.583. The van der Waals surface area contributed by atoms with Gasteiger partial charge in [-0.1, -0.05) is 0 Å². The van der Waals surface area contributed by atoms with Gasteiger partial charge in [0, 0.05) is 25.7 Å². The Hall–Kier alpha value is -2.29. The average Bonchev–Trinajstić information content (AvgIpc) is 3.20. The second-order valence-corrected chi connectivity index (χ2v) is 4.75. The van der Waals surface area contributed by atoms with E-state index in [0.717, 1.165) is 12.8 Å². The maximum atomic E-state index is 11.9. The molecule has 0 aromatic carbocycles. The summed E-state index contributed by atoms with van der Waals surface area (Å²) < 4.78 is 10.7. The third-order valence-corrected chi connectivity index (χ3v) is 3.31. The Balaban J connectivity index is 1.51. The van der Waals surface area contributed by atoms with Crippen LogP contribution in [-0.4, -0.2) is 50.9 Å². The molecule has 0 saturated carbocycles. The zero-order valence-corrected chi connectivity index (χ0v) is 11.4. The Bertz CT molecular complexity index is 576. The van der Waals surface area contributed by atoms with E-state index in [4.69, 9.17) is 9.15 Å². The summed E-state index contributed by atoms with van der Waals surface area (Å²) in [6.07, 6.45) is 4.49. The number of amides is 1. The Morgan fingerprint density at radius 1 is 1.43 bits per heavy atom.